The van der Waals surface area contributed by atoms with Crippen molar-refractivity contribution in [2.24, 2.45) is 0 Å². The van der Waals surface area contributed by atoms with Gasteiger partial charge in [0.15, 0.2) is 0 Å². The van der Waals surface area contributed by atoms with Gasteiger partial charge in [0, 0.05) is 0 Å². The van der Waals surface area contributed by atoms with Gasteiger partial charge in [-0.15, -0.1) is 0 Å². The van der Waals surface area contributed by atoms with Crippen LogP contribution in [0.5, 0.6) is 0 Å². The SMILES string of the molecule is O=[C-]NCC(=O)NCC(=O)NCC(=O)O.[Fm]. The maximum Gasteiger partial charge on any atom is 0.322 e. The first-order chi connectivity index (χ1) is 7.06. The number of hydrogen-bond acceptors (Lipinski definition) is 4. The van der Waals surface area contributed by atoms with E-state index < -0.39 is 24.3 Å². The summed E-state index contributed by atoms with van der Waals surface area (Å²) in [6.07, 6.45) is 1.29. The zero-order chi connectivity index (χ0) is 11.7. The molecule has 0 aromatic heterocycles. The van der Waals surface area contributed by atoms with E-state index in [4.69, 9.17) is 5.11 Å². The minimum atomic E-state index is -1.17. The van der Waals surface area contributed by atoms with Crippen LogP contribution in [0.1, 0.15) is 0 Å². The average molecular weight is 473 g/mol. The van der Waals surface area contributed by atoms with Gasteiger partial charge in [0.05, 0.1) is 13.1 Å². The second-order valence-electron chi connectivity index (χ2n) is 2.40. The Morgan fingerprint density at radius 1 is 1.00 bits per heavy atom. The molecule has 0 aliphatic heterocycles. The number of hydrogen-bond donors (Lipinski definition) is 4. The molecule has 0 aromatic carbocycles. The van der Waals surface area contributed by atoms with Gasteiger partial charge in [-0.05, 0) is 0 Å². The Morgan fingerprint density at radius 3 is 2.00 bits per heavy atom. The molecular weight excluding hydrogens is 463 g/mol. The van der Waals surface area contributed by atoms with E-state index in [9.17, 15) is 19.2 Å². The summed E-state index contributed by atoms with van der Waals surface area (Å²) < 4.78 is 0. The first-order valence-corrected chi connectivity index (χ1v) is 3.91. The van der Waals surface area contributed by atoms with E-state index >= 15 is 0 Å². The minimum Gasteiger partial charge on any atom is -0.522 e. The van der Waals surface area contributed by atoms with Crippen LogP contribution in [0.4, 0.5) is 0 Å². The monoisotopic (exact) mass is 473 g/mol. The largest absolute Gasteiger partial charge is 0.522 e. The van der Waals surface area contributed by atoms with Gasteiger partial charge in [0.1, 0.15) is 6.54 Å². The fourth-order valence-electron chi connectivity index (χ4n) is 0.594. The second kappa shape index (κ2) is 8.48. The van der Waals surface area contributed by atoms with Gasteiger partial charge in [0.25, 0.3) is 0 Å². The van der Waals surface area contributed by atoms with Crippen LogP contribution in [0, 0.1) is 0 Å². The summed E-state index contributed by atoms with van der Waals surface area (Å²) >= 11 is 0. The number of carboxylic acid groups (broad SMARTS) is 1. The van der Waals surface area contributed by atoms with Gasteiger partial charge in [-0.1, -0.05) is 0 Å². The molecule has 0 unspecified atom stereocenters. The first kappa shape index (κ1) is 15.4. The molecule has 0 heterocycles. The topological polar surface area (TPSA) is 125 Å². The van der Waals surface area contributed by atoms with Gasteiger partial charge < -0.3 is 25.9 Å². The molecule has 0 fully saturated rings. The summed E-state index contributed by atoms with van der Waals surface area (Å²) in [5.74, 6) is -2.36. The maximum atomic E-state index is 10.8. The third-order valence-electron chi connectivity index (χ3n) is 1.20. The van der Waals surface area contributed by atoms with Crippen molar-refractivity contribution in [2.45, 2.75) is 0 Å². The zero-order valence-electron chi connectivity index (χ0n) is 7.99. The summed E-state index contributed by atoms with van der Waals surface area (Å²) in [5, 5.41) is 14.4. The van der Waals surface area contributed by atoms with Crippen LogP contribution >= 0.6 is 0 Å². The third kappa shape index (κ3) is 8.97. The molecule has 16 heavy (non-hydrogen) atoms. The number of rotatable bonds is 7. The number of carbonyl (C=O) groups excluding carboxylic acids is 3. The maximum absolute atomic E-state index is 10.8. The number of nitrogens with one attached hydrogen (secondary N) is 3. The van der Waals surface area contributed by atoms with E-state index in [1.165, 1.54) is 6.41 Å². The van der Waals surface area contributed by atoms with Crippen molar-refractivity contribution in [1.29, 1.82) is 0 Å². The van der Waals surface area contributed by atoms with Crippen molar-refractivity contribution in [3.8, 4) is 0 Å². The van der Waals surface area contributed by atoms with E-state index in [1.807, 2.05) is 10.6 Å². The van der Waals surface area contributed by atoms with Gasteiger partial charge in [-0.25, -0.2) is 0 Å². The quantitative estimate of drug-likeness (QED) is 0.231. The van der Waals surface area contributed by atoms with Crippen molar-refractivity contribution in [3.05, 3.63) is 0 Å². The molecule has 0 atom stereocenters. The van der Waals surface area contributed by atoms with Gasteiger partial charge in [-0.2, -0.15) is 6.41 Å². The minimum absolute atomic E-state index is 0. The predicted octanol–water partition coefficient (Wildman–Crippen LogP) is -3.04. The van der Waals surface area contributed by atoms with E-state index in [1.54, 1.807) is 0 Å². The Labute approximate surface area is 85.0 Å². The summed E-state index contributed by atoms with van der Waals surface area (Å²) in [5.41, 5.74) is 0. The van der Waals surface area contributed by atoms with Gasteiger partial charge in [-0.3, -0.25) is 14.4 Å². The standard InChI is InChI=1S/C7H10N3O5.Fm/c11-4-8-1-5(12)9-2-6(13)10-3-7(14)15;/h1-3H2,(H,8,11)(H,9,12)(H,10,13)(H,14,15);/q-1;. The zero-order valence-corrected chi connectivity index (χ0v) is 10.4. The van der Waals surface area contributed by atoms with Crippen LogP contribution in [0.2, 0.25) is 0 Å². The molecule has 9 heteroatoms. The van der Waals surface area contributed by atoms with E-state index in [2.05, 4.69) is 5.32 Å². The van der Waals surface area contributed by atoms with Crippen molar-refractivity contribution < 1.29 is 24.3 Å². The average Bonchev–Trinajstić information content (AvgIpc) is 2.20. The van der Waals surface area contributed by atoms with Crippen LogP contribution in [0.3, 0.4) is 0 Å². The molecule has 0 aliphatic carbocycles. The van der Waals surface area contributed by atoms with Crippen LogP contribution in [0.15, 0.2) is 0 Å². The Balaban J connectivity index is 0. The summed E-state index contributed by atoms with van der Waals surface area (Å²) in [6, 6.07) is 0. The summed E-state index contributed by atoms with van der Waals surface area (Å²) in [6.45, 7) is -1.13. The molecule has 0 aliphatic rings. The molecule has 8 nitrogen and oxygen atoms in total. The molecule has 96 valence electrons. The van der Waals surface area contributed by atoms with Crippen LogP contribution in [-0.4, -0.2) is 48.9 Å². The van der Waals surface area contributed by atoms with Crippen LogP contribution < -0.4 is 16.0 Å². The van der Waals surface area contributed by atoms with E-state index in [0.29, 0.717) is 0 Å². The Bertz CT molecular complexity index is 271. The smallest absolute Gasteiger partial charge is 0.322 e. The molecule has 0 saturated heterocycles. The molecule has 0 radical (unpaired) electrons. The van der Waals surface area contributed by atoms with Crippen LogP contribution in [-0.2, 0) is 19.2 Å². The number of carbonyl (C=O) groups is 3. The Morgan fingerprint density at radius 2 is 1.50 bits per heavy atom. The van der Waals surface area contributed by atoms with Crippen molar-refractivity contribution in [2.75, 3.05) is 19.6 Å². The van der Waals surface area contributed by atoms with E-state index in [0.717, 1.165) is 0 Å². The predicted molar refractivity (Wildman–Crippen MR) is 47.4 cm³/mol. The molecule has 0 spiro atoms. The third-order valence-corrected chi connectivity index (χ3v) is 1.20. The molecular formula is C7H10FmN3O5-. The molecule has 4 N–H and O–H groups in total. The van der Waals surface area contributed by atoms with Crippen molar-refractivity contribution in [3.63, 3.8) is 0 Å². The second-order valence-corrected chi connectivity index (χ2v) is 2.40. The van der Waals surface area contributed by atoms with Crippen molar-refractivity contribution >= 4 is 24.2 Å². The fourth-order valence-corrected chi connectivity index (χ4v) is 0.594. The first-order valence-electron chi connectivity index (χ1n) is 3.91. The van der Waals surface area contributed by atoms with Crippen molar-refractivity contribution in [1.82, 2.24) is 16.0 Å². The Kier molecular flexibility index (Phi) is 8.14. The molecule has 0 aromatic rings. The number of carboxylic acids is 1. The molecule has 0 saturated carbocycles. The summed E-state index contributed by atoms with van der Waals surface area (Å²) in [4.78, 5) is 41.3. The number of aliphatic carboxylic acids is 1. The van der Waals surface area contributed by atoms with E-state index in [-0.39, 0.29) is 13.1 Å². The number of amides is 3. The van der Waals surface area contributed by atoms with Gasteiger partial charge in [0.2, 0.25) is 11.8 Å². The van der Waals surface area contributed by atoms with Crippen LogP contribution in [0.25, 0.3) is 0 Å². The molecule has 0 rings (SSSR count). The summed E-state index contributed by atoms with van der Waals surface area (Å²) in [7, 11) is 0. The van der Waals surface area contributed by atoms with Gasteiger partial charge >= 0.3 is 5.97 Å². The normalized spacial score (nSPS) is 8.25. The Hall–Kier alpha value is -3.12. The molecule has 0 bridgehead atoms. The molecule has 3 amide bonds. The fraction of sp³-hybridized carbons (Fsp3) is 0.429.